The Hall–Kier alpha value is -4.46. The highest BCUT2D eigenvalue weighted by atomic mass is 32.2. The molecule has 0 unspecified atom stereocenters. The maximum absolute atomic E-state index is 13.3. The summed E-state index contributed by atoms with van der Waals surface area (Å²) < 4.78 is 65.0. The van der Waals surface area contributed by atoms with Gasteiger partial charge in [-0.05, 0) is 30.3 Å². The van der Waals surface area contributed by atoms with Gasteiger partial charge in [0.25, 0.3) is 0 Å². The molecule has 0 amide bonds. The number of aromatic nitrogens is 4. The van der Waals surface area contributed by atoms with Gasteiger partial charge in [-0.15, -0.1) is 10.2 Å². The Morgan fingerprint density at radius 3 is 2.43 bits per heavy atom. The highest BCUT2D eigenvalue weighted by Gasteiger charge is 2.32. The Morgan fingerprint density at radius 1 is 1.03 bits per heavy atom. The first-order chi connectivity index (χ1) is 17.6. The van der Waals surface area contributed by atoms with E-state index in [-0.39, 0.29) is 28.9 Å². The molecule has 2 aromatic heterocycles. The van der Waals surface area contributed by atoms with Crippen molar-refractivity contribution in [3.63, 3.8) is 0 Å². The van der Waals surface area contributed by atoms with Crippen LogP contribution in [0.2, 0.25) is 0 Å². The van der Waals surface area contributed by atoms with Crippen LogP contribution in [0.3, 0.4) is 0 Å². The van der Waals surface area contributed by atoms with E-state index in [1.54, 1.807) is 30.3 Å². The first kappa shape index (κ1) is 25.6. The summed E-state index contributed by atoms with van der Waals surface area (Å²) in [4.78, 5) is 16.3. The second-order valence-electron chi connectivity index (χ2n) is 7.50. The van der Waals surface area contributed by atoms with Crippen molar-refractivity contribution >= 4 is 38.5 Å². The quantitative estimate of drug-likeness (QED) is 0.299. The molecule has 2 heterocycles. The van der Waals surface area contributed by atoms with E-state index in [0.29, 0.717) is 23.5 Å². The van der Waals surface area contributed by atoms with Crippen LogP contribution in [0, 0.1) is 0 Å². The molecule has 0 aliphatic carbocycles. The van der Waals surface area contributed by atoms with Gasteiger partial charge in [-0.3, -0.25) is 4.98 Å². The number of sulfone groups is 1. The van der Waals surface area contributed by atoms with Gasteiger partial charge in [0.1, 0.15) is 11.4 Å². The van der Waals surface area contributed by atoms with Crippen molar-refractivity contribution < 1.29 is 21.6 Å². The van der Waals surface area contributed by atoms with Crippen molar-refractivity contribution in [2.24, 2.45) is 10.2 Å². The third kappa shape index (κ3) is 5.86. The van der Waals surface area contributed by atoms with Crippen LogP contribution in [0.5, 0.6) is 0 Å². The van der Waals surface area contributed by atoms with E-state index >= 15 is 0 Å². The van der Waals surface area contributed by atoms with Crippen molar-refractivity contribution in [2.75, 3.05) is 16.8 Å². The van der Waals surface area contributed by atoms with Crippen molar-refractivity contribution in [3.05, 3.63) is 72.7 Å². The minimum Gasteiger partial charge on any atom is -0.382 e. The number of hydrogen-bond acceptors (Lipinski definition) is 10. The maximum atomic E-state index is 13.3. The Balaban J connectivity index is 1.86. The summed E-state index contributed by atoms with van der Waals surface area (Å²) in [7, 11) is -3.92. The molecule has 14 heteroatoms. The SMILES string of the molecule is CCS(=O)(=O)c1ccc(C(F)(F)F)cc1N=Nc1c(N)nc(-c2cnccn2)nc1Nc1ccccc1. The molecule has 37 heavy (non-hydrogen) atoms. The molecule has 2 aromatic carbocycles. The van der Waals surface area contributed by atoms with E-state index in [4.69, 9.17) is 5.73 Å². The zero-order valence-corrected chi connectivity index (χ0v) is 20.0. The van der Waals surface area contributed by atoms with Crippen LogP contribution in [0.4, 0.5) is 41.9 Å². The van der Waals surface area contributed by atoms with Crippen molar-refractivity contribution in [2.45, 2.75) is 18.0 Å². The molecule has 10 nitrogen and oxygen atoms in total. The van der Waals surface area contributed by atoms with Crippen LogP contribution < -0.4 is 11.1 Å². The fraction of sp³-hybridized carbons (Fsp3) is 0.130. The number of hydrogen-bond donors (Lipinski definition) is 2. The average Bonchev–Trinajstić information content (AvgIpc) is 2.88. The van der Waals surface area contributed by atoms with Crippen molar-refractivity contribution in [1.29, 1.82) is 0 Å². The average molecular weight is 529 g/mol. The molecule has 0 aliphatic rings. The molecule has 3 N–H and O–H groups in total. The van der Waals surface area contributed by atoms with Gasteiger partial charge in [-0.1, -0.05) is 25.1 Å². The van der Waals surface area contributed by atoms with Crippen LogP contribution in [-0.4, -0.2) is 34.1 Å². The summed E-state index contributed by atoms with van der Waals surface area (Å²) >= 11 is 0. The highest BCUT2D eigenvalue weighted by Crippen LogP contribution is 2.38. The van der Waals surface area contributed by atoms with E-state index in [2.05, 4.69) is 35.5 Å². The molecule has 0 aliphatic heterocycles. The second-order valence-corrected chi connectivity index (χ2v) is 9.74. The number of nitrogens with zero attached hydrogens (tertiary/aromatic N) is 6. The summed E-state index contributed by atoms with van der Waals surface area (Å²) in [6.45, 7) is 1.37. The van der Waals surface area contributed by atoms with Gasteiger partial charge >= 0.3 is 6.18 Å². The number of nitrogens with one attached hydrogen (secondary N) is 1. The number of rotatable bonds is 7. The molecule has 0 spiro atoms. The fourth-order valence-corrected chi connectivity index (χ4v) is 4.14. The van der Waals surface area contributed by atoms with Gasteiger partial charge in [-0.2, -0.15) is 13.2 Å². The Labute approximate surface area is 209 Å². The summed E-state index contributed by atoms with van der Waals surface area (Å²) in [5, 5.41) is 10.9. The first-order valence-electron chi connectivity index (χ1n) is 10.7. The predicted octanol–water partition coefficient (Wildman–Crippen LogP) is 5.49. The number of nitrogen functional groups attached to an aromatic ring is 1. The third-order valence-electron chi connectivity index (χ3n) is 5.00. The monoisotopic (exact) mass is 528 g/mol. The van der Waals surface area contributed by atoms with E-state index in [9.17, 15) is 21.6 Å². The van der Waals surface area contributed by atoms with Gasteiger partial charge in [0.05, 0.1) is 22.4 Å². The standard InChI is InChI=1S/C23H19F3N8O2S/c1-2-37(35,36)18-9-8-14(23(24,25)26)12-16(18)33-34-19-20(27)31-21(17-13-28-10-11-29-17)32-22(19)30-15-6-4-3-5-7-15/h3-13H,2H2,1H3,(H3,27,30,31,32). The van der Waals surface area contributed by atoms with Crippen molar-refractivity contribution in [3.8, 4) is 11.5 Å². The molecule has 0 saturated carbocycles. The summed E-state index contributed by atoms with van der Waals surface area (Å²) in [6.07, 6.45) is -0.391. The van der Waals surface area contributed by atoms with Crippen LogP contribution in [0.25, 0.3) is 11.5 Å². The number of alkyl halides is 3. The minimum absolute atomic E-state index is 0.0648. The number of halogens is 3. The van der Waals surface area contributed by atoms with Crippen LogP contribution in [0.1, 0.15) is 12.5 Å². The van der Waals surface area contributed by atoms with Crippen LogP contribution >= 0.6 is 0 Å². The Morgan fingerprint density at radius 2 is 1.78 bits per heavy atom. The molecule has 0 atom stereocenters. The summed E-state index contributed by atoms with van der Waals surface area (Å²) in [6, 6.07) is 11.0. The van der Waals surface area contributed by atoms with Gasteiger partial charge < -0.3 is 11.1 Å². The van der Waals surface area contributed by atoms with Gasteiger partial charge in [0.2, 0.25) is 0 Å². The Bertz CT molecular complexity index is 1550. The third-order valence-corrected chi connectivity index (χ3v) is 6.77. The van der Waals surface area contributed by atoms with Gasteiger partial charge in [0.15, 0.2) is 33.0 Å². The zero-order valence-electron chi connectivity index (χ0n) is 19.2. The first-order valence-corrected chi connectivity index (χ1v) is 12.4. The predicted molar refractivity (Wildman–Crippen MR) is 131 cm³/mol. The van der Waals surface area contributed by atoms with E-state index in [0.717, 1.165) is 6.07 Å². The normalized spacial score (nSPS) is 12.1. The molecular weight excluding hydrogens is 509 g/mol. The van der Waals surface area contributed by atoms with E-state index < -0.39 is 32.2 Å². The Kier molecular flexibility index (Phi) is 7.11. The van der Waals surface area contributed by atoms with Crippen LogP contribution in [0.15, 0.2) is 82.2 Å². The molecule has 0 fully saturated rings. The molecular formula is C23H19F3N8O2S. The highest BCUT2D eigenvalue weighted by molar-refractivity contribution is 7.91. The lowest BCUT2D eigenvalue weighted by molar-refractivity contribution is -0.137. The molecule has 0 saturated heterocycles. The van der Waals surface area contributed by atoms with Crippen molar-refractivity contribution in [1.82, 2.24) is 19.9 Å². The van der Waals surface area contributed by atoms with E-state index in [1.807, 2.05) is 0 Å². The van der Waals surface area contributed by atoms with Gasteiger partial charge in [-0.25, -0.2) is 23.4 Å². The van der Waals surface area contributed by atoms with E-state index in [1.165, 1.54) is 25.5 Å². The number of para-hydroxylation sites is 1. The lowest BCUT2D eigenvalue weighted by Gasteiger charge is -2.12. The molecule has 4 aromatic rings. The number of azo groups is 1. The smallest absolute Gasteiger partial charge is 0.382 e. The fourth-order valence-electron chi connectivity index (χ4n) is 3.14. The number of nitrogens with two attached hydrogens (primary N) is 1. The minimum atomic E-state index is -4.72. The molecule has 190 valence electrons. The van der Waals surface area contributed by atoms with Gasteiger partial charge in [0, 0.05) is 18.1 Å². The maximum Gasteiger partial charge on any atom is 0.416 e. The molecule has 4 rings (SSSR count). The largest absolute Gasteiger partial charge is 0.416 e. The summed E-state index contributed by atoms with van der Waals surface area (Å²) in [5.74, 6) is -0.351. The molecule has 0 bridgehead atoms. The van der Waals surface area contributed by atoms with Crippen LogP contribution in [-0.2, 0) is 16.0 Å². The summed E-state index contributed by atoms with van der Waals surface area (Å²) in [5.41, 5.74) is 5.34. The second kappa shape index (κ2) is 10.3. The zero-order chi connectivity index (χ0) is 26.6. The number of anilines is 3. The number of benzene rings is 2. The molecule has 0 radical (unpaired) electrons. The lowest BCUT2D eigenvalue weighted by Crippen LogP contribution is -2.08. The topological polar surface area (TPSA) is 148 Å². The lowest BCUT2D eigenvalue weighted by atomic mass is 10.2.